The van der Waals surface area contributed by atoms with Crippen molar-refractivity contribution >= 4 is 5.69 Å². The van der Waals surface area contributed by atoms with Crippen molar-refractivity contribution < 1.29 is 14.6 Å². The molecule has 0 radical (unpaired) electrons. The van der Waals surface area contributed by atoms with Gasteiger partial charge in [0, 0.05) is 36.4 Å². The lowest BCUT2D eigenvalue weighted by Crippen LogP contribution is -2.36. The summed E-state index contributed by atoms with van der Waals surface area (Å²) in [6.45, 7) is 1.08. The number of hydrogen-bond donors (Lipinski definition) is 2. The molecule has 4 heteroatoms. The van der Waals surface area contributed by atoms with E-state index in [4.69, 9.17) is 14.6 Å². The molecule has 1 aromatic carbocycles. The number of rotatable bonds is 4. The molecule has 0 aliphatic carbocycles. The maximum atomic E-state index is 9.03. The van der Waals surface area contributed by atoms with Crippen LogP contribution in [0.15, 0.2) is 18.2 Å². The number of aliphatic hydroxyl groups is 1. The highest BCUT2D eigenvalue weighted by Crippen LogP contribution is 2.46. The number of fused-ring (bicyclic) bond motifs is 3. The number of hydrogen-bond acceptors (Lipinski definition) is 4. The van der Waals surface area contributed by atoms with Gasteiger partial charge in [0.2, 0.25) is 0 Å². The minimum Gasteiger partial charge on any atom is -0.497 e. The maximum Gasteiger partial charge on any atom is 0.119 e. The van der Waals surface area contributed by atoms with Gasteiger partial charge in [-0.25, -0.2) is 0 Å². The molecule has 2 N–H and O–H groups in total. The molecule has 0 saturated carbocycles. The van der Waals surface area contributed by atoms with Crippen molar-refractivity contribution in [2.75, 3.05) is 25.6 Å². The first-order chi connectivity index (χ1) is 9.33. The molecular formula is C15H21NO3. The van der Waals surface area contributed by atoms with Crippen LogP contribution in [-0.4, -0.2) is 31.5 Å². The number of nitrogens with one attached hydrogen (secondary N) is 1. The van der Waals surface area contributed by atoms with E-state index in [-0.39, 0.29) is 12.7 Å². The van der Waals surface area contributed by atoms with E-state index in [1.54, 1.807) is 7.11 Å². The van der Waals surface area contributed by atoms with Crippen LogP contribution < -0.4 is 10.1 Å². The molecular weight excluding hydrogens is 242 g/mol. The topological polar surface area (TPSA) is 50.7 Å². The van der Waals surface area contributed by atoms with Gasteiger partial charge in [-0.05, 0) is 37.5 Å². The molecule has 0 aromatic heterocycles. The Hall–Kier alpha value is -1.26. The standard InChI is InChI=1S/C15H21NO3/c1-18-10-4-5-14-12(9-10)15-11(6-8-19-15)13(16-14)3-2-7-17/h4-5,9,11,13,15-17H,2-3,6-8H2,1H3/t11-,13+,15-/m0/s1. The van der Waals surface area contributed by atoms with E-state index in [1.807, 2.05) is 6.07 Å². The van der Waals surface area contributed by atoms with Gasteiger partial charge in [-0.2, -0.15) is 0 Å². The highest BCUT2D eigenvalue weighted by Gasteiger charge is 2.40. The van der Waals surface area contributed by atoms with Crippen molar-refractivity contribution in [1.29, 1.82) is 0 Å². The quantitative estimate of drug-likeness (QED) is 0.875. The first kappa shape index (κ1) is 12.8. The number of ether oxygens (including phenoxy) is 2. The average molecular weight is 263 g/mol. The fraction of sp³-hybridized carbons (Fsp3) is 0.600. The molecule has 19 heavy (non-hydrogen) atoms. The second-order valence-electron chi connectivity index (χ2n) is 5.31. The Morgan fingerprint density at radius 2 is 2.37 bits per heavy atom. The van der Waals surface area contributed by atoms with E-state index in [2.05, 4.69) is 17.4 Å². The number of aliphatic hydroxyl groups excluding tert-OH is 1. The number of anilines is 1. The highest BCUT2D eigenvalue weighted by atomic mass is 16.5. The summed E-state index contributed by atoms with van der Waals surface area (Å²) in [5, 5.41) is 12.6. The predicted molar refractivity (Wildman–Crippen MR) is 73.5 cm³/mol. The summed E-state index contributed by atoms with van der Waals surface area (Å²) >= 11 is 0. The van der Waals surface area contributed by atoms with Crippen LogP contribution >= 0.6 is 0 Å². The van der Waals surface area contributed by atoms with Crippen LogP contribution in [0.25, 0.3) is 0 Å². The Balaban J connectivity index is 1.89. The Kier molecular flexibility index (Phi) is 3.62. The van der Waals surface area contributed by atoms with E-state index >= 15 is 0 Å². The van der Waals surface area contributed by atoms with E-state index in [9.17, 15) is 0 Å². The summed E-state index contributed by atoms with van der Waals surface area (Å²) in [6.07, 6.45) is 3.10. The van der Waals surface area contributed by atoms with Gasteiger partial charge in [-0.3, -0.25) is 0 Å². The molecule has 1 saturated heterocycles. The van der Waals surface area contributed by atoms with Crippen LogP contribution in [0.1, 0.15) is 30.9 Å². The molecule has 2 aliphatic rings. The zero-order valence-corrected chi connectivity index (χ0v) is 11.3. The van der Waals surface area contributed by atoms with Crippen LogP contribution in [0.5, 0.6) is 5.75 Å². The summed E-state index contributed by atoms with van der Waals surface area (Å²) in [5.74, 6) is 1.38. The summed E-state index contributed by atoms with van der Waals surface area (Å²) in [7, 11) is 1.69. The Bertz CT molecular complexity index is 449. The molecule has 1 fully saturated rings. The molecule has 2 heterocycles. The van der Waals surface area contributed by atoms with Gasteiger partial charge >= 0.3 is 0 Å². The highest BCUT2D eigenvalue weighted by molar-refractivity contribution is 5.58. The van der Waals surface area contributed by atoms with Crippen molar-refractivity contribution in [1.82, 2.24) is 0 Å². The third-order valence-electron chi connectivity index (χ3n) is 4.23. The molecule has 0 spiro atoms. The summed E-state index contributed by atoms with van der Waals surface area (Å²) in [6, 6.07) is 6.52. The first-order valence-electron chi connectivity index (χ1n) is 7.00. The lowest BCUT2D eigenvalue weighted by Gasteiger charge is -2.36. The van der Waals surface area contributed by atoms with Gasteiger partial charge in [0.1, 0.15) is 5.75 Å². The van der Waals surface area contributed by atoms with Gasteiger partial charge in [-0.15, -0.1) is 0 Å². The normalized spacial score (nSPS) is 28.4. The molecule has 1 aromatic rings. The summed E-state index contributed by atoms with van der Waals surface area (Å²) in [5.41, 5.74) is 2.36. The van der Waals surface area contributed by atoms with Crippen LogP contribution in [0, 0.1) is 5.92 Å². The largest absolute Gasteiger partial charge is 0.497 e. The SMILES string of the molecule is COc1ccc2c(c1)[C@H]1OCC[C@H]1[C@@H](CCCO)N2. The molecule has 0 unspecified atom stereocenters. The Labute approximate surface area is 113 Å². The van der Waals surface area contributed by atoms with Gasteiger partial charge in [-0.1, -0.05) is 0 Å². The molecule has 104 valence electrons. The third-order valence-corrected chi connectivity index (χ3v) is 4.23. The molecule has 2 aliphatic heterocycles. The lowest BCUT2D eigenvalue weighted by molar-refractivity contribution is 0.0811. The fourth-order valence-corrected chi connectivity index (χ4v) is 3.28. The van der Waals surface area contributed by atoms with Crippen LogP contribution in [0.4, 0.5) is 5.69 Å². The van der Waals surface area contributed by atoms with Crippen molar-refractivity contribution in [3.05, 3.63) is 23.8 Å². The Morgan fingerprint density at radius 3 is 3.16 bits per heavy atom. The molecule has 3 rings (SSSR count). The van der Waals surface area contributed by atoms with Gasteiger partial charge < -0.3 is 19.9 Å². The minimum absolute atomic E-state index is 0.176. The number of benzene rings is 1. The monoisotopic (exact) mass is 263 g/mol. The molecule has 4 nitrogen and oxygen atoms in total. The molecule has 0 amide bonds. The van der Waals surface area contributed by atoms with Gasteiger partial charge in [0.05, 0.1) is 13.2 Å². The van der Waals surface area contributed by atoms with E-state index in [0.29, 0.717) is 12.0 Å². The van der Waals surface area contributed by atoms with E-state index in [0.717, 1.165) is 37.3 Å². The van der Waals surface area contributed by atoms with Gasteiger partial charge in [0.25, 0.3) is 0 Å². The number of methoxy groups -OCH3 is 1. The van der Waals surface area contributed by atoms with Gasteiger partial charge in [0.15, 0.2) is 0 Å². The fourth-order valence-electron chi connectivity index (χ4n) is 3.28. The van der Waals surface area contributed by atoms with E-state index < -0.39 is 0 Å². The summed E-state index contributed by atoms with van der Waals surface area (Å²) < 4.78 is 11.2. The molecule has 3 atom stereocenters. The second-order valence-corrected chi connectivity index (χ2v) is 5.31. The third kappa shape index (κ3) is 2.30. The van der Waals surface area contributed by atoms with Crippen LogP contribution in [0.3, 0.4) is 0 Å². The maximum absolute atomic E-state index is 9.03. The lowest BCUT2D eigenvalue weighted by atomic mass is 9.82. The Morgan fingerprint density at radius 1 is 1.47 bits per heavy atom. The second kappa shape index (κ2) is 5.39. The molecule has 0 bridgehead atoms. The van der Waals surface area contributed by atoms with Crippen molar-refractivity contribution in [2.45, 2.75) is 31.4 Å². The van der Waals surface area contributed by atoms with Crippen LogP contribution in [0.2, 0.25) is 0 Å². The predicted octanol–water partition coefficient (Wildman–Crippen LogP) is 2.34. The summed E-state index contributed by atoms with van der Waals surface area (Å²) in [4.78, 5) is 0. The van der Waals surface area contributed by atoms with Crippen molar-refractivity contribution in [3.8, 4) is 5.75 Å². The van der Waals surface area contributed by atoms with Crippen molar-refractivity contribution in [3.63, 3.8) is 0 Å². The van der Waals surface area contributed by atoms with E-state index in [1.165, 1.54) is 5.56 Å². The zero-order valence-electron chi connectivity index (χ0n) is 11.3. The first-order valence-corrected chi connectivity index (χ1v) is 7.00. The smallest absolute Gasteiger partial charge is 0.119 e. The average Bonchev–Trinajstić information content (AvgIpc) is 2.94. The van der Waals surface area contributed by atoms with Crippen molar-refractivity contribution in [2.24, 2.45) is 5.92 Å². The zero-order chi connectivity index (χ0) is 13.2. The van der Waals surface area contributed by atoms with Crippen LogP contribution in [-0.2, 0) is 4.74 Å². The minimum atomic E-state index is 0.176.